The number of aromatic nitrogens is 1. The van der Waals surface area contributed by atoms with Gasteiger partial charge in [0.25, 0.3) is 5.91 Å². The maximum Gasteiger partial charge on any atom is 0.412 e. The topological polar surface area (TPSA) is 109 Å². The predicted octanol–water partition coefficient (Wildman–Crippen LogP) is 4.38. The second kappa shape index (κ2) is 8.54. The van der Waals surface area contributed by atoms with Crippen LogP contribution in [-0.2, 0) is 9.53 Å². The first-order chi connectivity index (χ1) is 16.8. The molecule has 2 amide bonds. The SMILES string of the molecule is CC1(C)CN(C(=O)c2cccc(NC(=O)OCC3c4ccccc4-c4ccccc43)n2)C1C(=O)O. The average molecular weight is 472 g/mol. The standard InChI is InChI=1S/C27H25N3O5/c1-27(2)15-30(23(27)25(32)33)24(31)21-12-7-13-22(28-21)29-26(34)35-14-20-18-10-5-3-8-16(18)17-9-4-6-11-19(17)20/h3-13,20,23H,14-15H2,1-2H3,(H,32,33)(H,28,29,34). The van der Waals surface area contributed by atoms with Crippen molar-refractivity contribution in [3.8, 4) is 11.1 Å². The molecule has 35 heavy (non-hydrogen) atoms. The molecule has 0 spiro atoms. The summed E-state index contributed by atoms with van der Waals surface area (Å²) in [6.07, 6.45) is -0.683. The summed E-state index contributed by atoms with van der Waals surface area (Å²) in [5, 5.41) is 12.1. The van der Waals surface area contributed by atoms with Gasteiger partial charge in [-0.25, -0.2) is 14.6 Å². The Balaban J connectivity index is 1.25. The van der Waals surface area contributed by atoms with Gasteiger partial charge in [-0.1, -0.05) is 68.4 Å². The molecule has 0 bridgehead atoms. The van der Waals surface area contributed by atoms with Crippen LogP contribution < -0.4 is 5.32 Å². The summed E-state index contributed by atoms with van der Waals surface area (Å²) >= 11 is 0. The van der Waals surface area contributed by atoms with Crippen molar-refractivity contribution in [2.45, 2.75) is 25.8 Å². The monoisotopic (exact) mass is 471 g/mol. The van der Waals surface area contributed by atoms with Crippen LogP contribution in [0.15, 0.2) is 66.7 Å². The normalized spacial score (nSPS) is 17.7. The lowest BCUT2D eigenvalue weighted by Crippen LogP contribution is -2.67. The number of benzene rings is 2. The lowest BCUT2D eigenvalue weighted by molar-refractivity contribution is -0.156. The van der Waals surface area contributed by atoms with Gasteiger partial charge in [0.1, 0.15) is 24.2 Å². The van der Waals surface area contributed by atoms with Crippen molar-refractivity contribution < 1.29 is 24.2 Å². The summed E-state index contributed by atoms with van der Waals surface area (Å²) in [4.78, 5) is 42.5. The van der Waals surface area contributed by atoms with E-state index in [-0.39, 0.29) is 24.0 Å². The molecule has 0 saturated carbocycles. The van der Waals surface area contributed by atoms with Crippen LogP contribution in [0.2, 0.25) is 0 Å². The first kappa shape index (κ1) is 22.6. The molecule has 0 radical (unpaired) electrons. The number of hydrogen-bond donors (Lipinski definition) is 2. The average Bonchev–Trinajstić information content (AvgIpc) is 3.14. The van der Waals surface area contributed by atoms with Crippen LogP contribution in [0.3, 0.4) is 0 Å². The minimum Gasteiger partial charge on any atom is -0.480 e. The second-order valence-electron chi connectivity index (χ2n) is 9.52. The summed E-state index contributed by atoms with van der Waals surface area (Å²) in [7, 11) is 0. The highest BCUT2D eigenvalue weighted by molar-refractivity contribution is 5.97. The first-order valence-corrected chi connectivity index (χ1v) is 11.4. The quantitative estimate of drug-likeness (QED) is 0.572. The van der Waals surface area contributed by atoms with Crippen molar-refractivity contribution in [1.82, 2.24) is 9.88 Å². The van der Waals surface area contributed by atoms with E-state index in [9.17, 15) is 19.5 Å². The molecule has 2 aromatic carbocycles. The number of hydrogen-bond acceptors (Lipinski definition) is 5. The maximum atomic E-state index is 12.9. The van der Waals surface area contributed by atoms with Crippen molar-refractivity contribution in [3.05, 3.63) is 83.6 Å². The number of fused-ring (bicyclic) bond motifs is 3. The summed E-state index contributed by atoms with van der Waals surface area (Å²) in [5.74, 6) is -1.47. The Hall–Kier alpha value is -4.20. The number of ether oxygens (including phenoxy) is 1. The smallest absolute Gasteiger partial charge is 0.412 e. The molecular weight excluding hydrogens is 446 g/mol. The van der Waals surface area contributed by atoms with E-state index in [4.69, 9.17) is 4.74 Å². The molecule has 178 valence electrons. The molecule has 2 heterocycles. The third kappa shape index (κ3) is 4.01. The van der Waals surface area contributed by atoms with Crippen LogP contribution >= 0.6 is 0 Å². The van der Waals surface area contributed by atoms with Crippen LogP contribution in [0.25, 0.3) is 11.1 Å². The van der Waals surface area contributed by atoms with Crippen LogP contribution in [0.1, 0.15) is 41.4 Å². The number of likely N-dealkylation sites (tertiary alicyclic amines) is 1. The van der Waals surface area contributed by atoms with E-state index in [1.54, 1.807) is 26.0 Å². The molecule has 5 rings (SSSR count). The molecule has 1 aliphatic heterocycles. The van der Waals surface area contributed by atoms with Gasteiger partial charge in [-0.2, -0.15) is 0 Å². The number of carbonyl (C=O) groups excluding carboxylic acids is 2. The largest absolute Gasteiger partial charge is 0.480 e. The molecule has 8 heteroatoms. The fourth-order valence-electron chi connectivity index (χ4n) is 5.09. The molecule has 1 aliphatic carbocycles. The van der Waals surface area contributed by atoms with Crippen molar-refractivity contribution in [1.29, 1.82) is 0 Å². The third-order valence-electron chi connectivity index (χ3n) is 6.67. The molecule has 3 aromatic rings. The van der Waals surface area contributed by atoms with Gasteiger partial charge in [-0.15, -0.1) is 0 Å². The Labute approximate surface area is 202 Å². The minimum absolute atomic E-state index is 0.0585. The van der Waals surface area contributed by atoms with E-state index in [0.29, 0.717) is 6.54 Å². The van der Waals surface area contributed by atoms with E-state index in [1.165, 1.54) is 11.0 Å². The zero-order valence-corrected chi connectivity index (χ0v) is 19.4. The van der Waals surface area contributed by atoms with E-state index in [1.807, 2.05) is 36.4 Å². The Bertz CT molecular complexity index is 1290. The number of amides is 2. The number of rotatable bonds is 5. The highest BCUT2D eigenvalue weighted by atomic mass is 16.5. The summed E-state index contributed by atoms with van der Waals surface area (Å²) < 4.78 is 5.54. The van der Waals surface area contributed by atoms with E-state index < -0.39 is 29.4 Å². The van der Waals surface area contributed by atoms with Gasteiger partial charge in [0, 0.05) is 17.9 Å². The Morgan fingerprint density at radius 1 is 1.00 bits per heavy atom. The van der Waals surface area contributed by atoms with E-state index in [2.05, 4.69) is 22.4 Å². The highest BCUT2D eigenvalue weighted by Gasteiger charge is 2.52. The first-order valence-electron chi connectivity index (χ1n) is 11.4. The predicted molar refractivity (Wildman–Crippen MR) is 129 cm³/mol. The van der Waals surface area contributed by atoms with Crippen molar-refractivity contribution in [2.24, 2.45) is 5.41 Å². The van der Waals surface area contributed by atoms with Crippen LogP contribution in [0.4, 0.5) is 10.6 Å². The van der Waals surface area contributed by atoms with Gasteiger partial charge in [-0.05, 0) is 34.4 Å². The van der Waals surface area contributed by atoms with E-state index in [0.717, 1.165) is 22.3 Å². The molecular formula is C27H25N3O5. The molecule has 2 aliphatic rings. The molecule has 1 atom stereocenters. The molecule has 1 fully saturated rings. The zero-order valence-electron chi connectivity index (χ0n) is 19.4. The molecule has 1 saturated heterocycles. The van der Waals surface area contributed by atoms with Gasteiger partial charge in [0.05, 0.1) is 0 Å². The number of carbonyl (C=O) groups is 3. The zero-order chi connectivity index (χ0) is 24.7. The Morgan fingerprint density at radius 2 is 1.63 bits per heavy atom. The number of carboxylic acid groups (broad SMARTS) is 1. The molecule has 1 aromatic heterocycles. The van der Waals surface area contributed by atoms with E-state index >= 15 is 0 Å². The number of anilines is 1. The van der Waals surface area contributed by atoms with Gasteiger partial charge in [0.15, 0.2) is 0 Å². The fourth-order valence-corrected chi connectivity index (χ4v) is 5.09. The third-order valence-corrected chi connectivity index (χ3v) is 6.67. The van der Waals surface area contributed by atoms with Crippen LogP contribution in [0.5, 0.6) is 0 Å². The van der Waals surface area contributed by atoms with Crippen molar-refractivity contribution in [2.75, 3.05) is 18.5 Å². The van der Waals surface area contributed by atoms with Gasteiger partial charge in [-0.3, -0.25) is 10.1 Å². The van der Waals surface area contributed by atoms with Crippen LogP contribution in [-0.4, -0.2) is 52.2 Å². The number of nitrogens with one attached hydrogen (secondary N) is 1. The highest BCUT2D eigenvalue weighted by Crippen LogP contribution is 2.44. The van der Waals surface area contributed by atoms with Crippen molar-refractivity contribution in [3.63, 3.8) is 0 Å². The van der Waals surface area contributed by atoms with Gasteiger partial charge >= 0.3 is 12.1 Å². The fraction of sp³-hybridized carbons (Fsp3) is 0.259. The molecule has 8 nitrogen and oxygen atoms in total. The lowest BCUT2D eigenvalue weighted by Gasteiger charge is -2.51. The number of nitrogens with zero attached hydrogens (tertiary/aromatic N) is 2. The number of carboxylic acids is 1. The van der Waals surface area contributed by atoms with Crippen LogP contribution in [0, 0.1) is 5.41 Å². The van der Waals surface area contributed by atoms with Gasteiger partial charge < -0.3 is 14.7 Å². The summed E-state index contributed by atoms with van der Waals surface area (Å²) in [5.41, 5.74) is 4.04. The van der Waals surface area contributed by atoms with Crippen molar-refractivity contribution >= 4 is 23.8 Å². The second-order valence-corrected chi connectivity index (χ2v) is 9.52. The lowest BCUT2D eigenvalue weighted by atomic mass is 9.74. The van der Waals surface area contributed by atoms with Gasteiger partial charge in [0.2, 0.25) is 0 Å². The summed E-state index contributed by atoms with van der Waals surface area (Å²) in [6.45, 7) is 4.08. The Morgan fingerprint density at radius 3 is 2.23 bits per heavy atom. The maximum absolute atomic E-state index is 12.9. The number of pyridine rings is 1. The minimum atomic E-state index is -1.05. The number of aliphatic carboxylic acids is 1. The Kier molecular flexibility index (Phi) is 5.51. The molecule has 1 unspecified atom stereocenters. The molecule has 2 N–H and O–H groups in total. The summed E-state index contributed by atoms with van der Waals surface area (Å²) in [6, 6.07) is 19.8.